The predicted molar refractivity (Wildman–Crippen MR) is 109 cm³/mol. The summed E-state index contributed by atoms with van der Waals surface area (Å²) in [6, 6.07) is 18.3. The van der Waals surface area contributed by atoms with E-state index in [2.05, 4.69) is 47.3 Å². The number of carbonyl (C=O) groups is 1. The van der Waals surface area contributed by atoms with Crippen molar-refractivity contribution in [1.82, 2.24) is 10.2 Å². The van der Waals surface area contributed by atoms with E-state index in [0.29, 0.717) is 6.54 Å². The van der Waals surface area contributed by atoms with E-state index in [0.717, 1.165) is 44.1 Å². The van der Waals surface area contributed by atoms with Crippen molar-refractivity contribution in [1.29, 1.82) is 0 Å². The number of para-hydroxylation sites is 1. The molecular weight excluding hydrogens is 338 g/mol. The molecule has 1 atom stereocenters. The maximum absolute atomic E-state index is 12.6. The topological polar surface area (TPSA) is 44.8 Å². The SMILES string of the molecule is CC(CNC(=O)c1cccc(CN2CCOCC2)c1)N(C)c1ccccc1. The zero-order valence-corrected chi connectivity index (χ0v) is 16.2. The summed E-state index contributed by atoms with van der Waals surface area (Å²) in [5.74, 6) is -0.0212. The zero-order chi connectivity index (χ0) is 19.1. The Balaban J connectivity index is 1.53. The molecule has 1 aliphatic rings. The summed E-state index contributed by atoms with van der Waals surface area (Å²) in [7, 11) is 2.05. The van der Waals surface area contributed by atoms with Crippen molar-refractivity contribution in [2.24, 2.45) is 0 Å². The first-order valence-electron chi connectivity index (χ1n) is 9.58. The largest absolute Gasteiger partial charge is 0.379 e. The Bertz CT molecular complexity index is 729. The highest BCUT2D eigenvalue weighted by Gasteiger charge is 2.14. The predicted octanol–water partition coefficient (Wildman–Crippen LogP) is 2.77. The summed E-state index contributed by atoms with van der Waals surface area (Å²) >= 11 is 0. The number of nitrogens with zero attached hydrogens (tertiary/aromatic N) is 2. The van der Waals surface area contributed by atoms with Crippen LogP contribution in [0.3, 0.4) is 0 Å². The van der Waals surface area contributed by atoms with Gasteiger partial charge in [0.25, 0.3) is 5.91 Å². The van der Waals surface area contributed by atoms with E-state index < -0.39 is 0 Å². The Hall–Kier alpha value is -2.37. The summed E-state index contributed by atoms with van der Waals surface area (Å²) in [5.41, 5.74) is 3.03. The van der Waals surface area contributed by atoms with Crippen molar-refractivity contribution in [2.45, 2.75) is 19.5 Å². The van der Waals surface area contributed by atoms with E-state index in [1.54, 1.807) is 0 Å². The van der Waals surface area contributed by atoms with Gasteiger partial charge in [-0.25, -0.2) is 0 Å². The van der Waals surface area contributed by atoms with Crippen molar-refractivity contribution >= 4 is 11.6 Å². The van der Waals surface area contributed by atoms with Gasteiger partial charge < -0.3 is 15.0 Å². The second kappa shape index (κ2) is 9.53. The van der Waals surface area contributed by atoms with E-state index in [9.17, 15) is 4.79 Å². The Kier molecular flexibility index (Phi) is 6.85. The van der Waals surface area contributed by atoms with Gasteiger partial charge in [0.05, 0.1) is 13.2 Å². The molecule has 0 bridgehead atoms. The van der Waals surface area contributed by atoms with E-state index in [4.69, 9.17) is 4.74 Å². The number of amides is 1. The van der Waals surface area contributed by atoms with Crippen LogP contribution < -0.4 is 10.2 Å². The van der Waals surface area contributed by atoms with Gasteiger partial charge in [0.15, 0.2) is 0 Å². The van der Waals surface area contributed by atoms with E-state index >= 15 is 0 Å². The van der Waals surface area contributed by atoms with Crippen LogP contribution in [-0.2, 0) is 11.3 Å². The highest BCUT2D eigenvalue weighted by atomic mass is 16.5. The third kappa shape index (κ3) is 5.55. The average Bonchev–Trinajstić information content (AvgIpc) is 2.72. The molecule has 1 aliphatic heterocycles. The van der Waals surface area contributed by atoms with Crippen LogP contribution in [0.25, 0.3) is 0 Å². The lowest BCUT2D eigenvalue weighted by Gasteiger charge is -2.27. The van der Waals surface area contributed by atoms with Crippen molar-refractivity contribution in [3.8, 4) is 0 Å². The number of hydrogen-bond donors (Lipinski definition) is 1. The molecule has 1 amide bonds. The minimum absolute atomic E-state index is 0.0212. The summed E-state index contributed by atoms with van der Waals surface area (Å²) in [4.78, 5) is 17.1. The number of benzene rings is 2. The molecule has 2 aromatic carbocycles. The molecule has 0 spiro atoms. The maximum atomic E-state index is 12.6. The van der Waals surface area contributed by atoms with Gasteiger partial charge in [-0.3, -0.25) is 9.69 Å². The lowest BCUT2D eigenvalue weighted by atomic mass is 10.1. The Morgan fingerprint density at radius 1 is 1.15 bits per heavy atom. The van der Waals surface area contributed by atoms with Crippen LogP contribution in [0.1, 0.15) is 22.8 Å². The van der Waals surface area contributed by atoms with Crippen molar-refractivity contribution in [2.75, 3.05) is 44.8 Å². The summed E-state index contributed by atoms with van der Waals surface area (Å²) in [6.07, 6.45) is 0. The Morgan fingerprint density at radius 2 is 1.89 bits per heavy atom. The number of rotatable bonds is 7. The smallest absolute Gasteiger partial charge is 0.251 e. The molecule has 27 heavy (non-hydrogen) atoms. The lowest BCUT2D eigenvalue weighted by molar-refractivity contribution is 0.0342. The monoisotopic (exact) mass is 367 g/mol. The highest BCUT2D eigenvalue weighted by Crippen LogP contribution is 2.14. The molecule has 0 aromatic heterocycles. The van der Waals surface area contributed by atoms with Crippen LogP contribution in [0, 0.1) is 0 Å². The number of likely N-dealkylation sites (N-methyl/N-ethyl adjacent to an activating group) is 1. The minimum atomic E-state index is -0.0212. The normalized spacial score (nSPS) is 15.9. The molecule has 1 fully saturated rings. The van der Waals surface area contributed by atoms with Gasteiger partial charge in [0.2, 0.25) is 0 Å². The molecule has 3 rings (SSSR count). The number of morpholine rings is 1. The highest BCUT2D eigenvalue weighted by molar-refractivity contribution is 5.94. The van der Waals surface area contributed by atoms with Gasteiger partial charge in [0.1, 0.15) is 0 Å². The van der Waals surface area contributed by atoms with Crippen LogP contribution >= 0.6 is 0 Å². The van der Waals surface area contributed by atoms with E-state index in [1.807, 2.05) is 36.4 Å². The summed E-state index contributed by atoms with van der Waals surface area (Å²) < 4.78 is 5.40. The second-order valence-electron chi connectivity index (χ2n) is 7.09. The Morgan fingerprint density at radius 3 is 2.63 bits per heavy atom. The molecule has 1 heterocycles. The first-order valence-corrected chi connectivity index (χ1v) is 9.58. The van der Waals surface area contributed by atoms with Gasteiger partial charge in [-0.2, -0.15) is 0 Å². The minimum Gasteiger partial charge on any atom is -0.379 e. The van der Waals surface area contributed by atoms with Gasteiger partial charge in [-0.15, -0.1) is 0 Å². The van der Waals surface area contributed by atoms with E-state index in [-0.39, 0.29) is 11.9 Å². The molecule has 1 N–H and O–H groups in total. The molecule has 5 heteroatoms. The standard InChI is InChI=1S/C22H29N3O2/c1-18(24(2)21-9-4-3-5-10-21)16-23-22(26)20-8-6-7-19(15-20)17-25-11-13-27-14-12-25/h3-10,15,18H,11-14,16-17H2,1-2H3,(H,23,26). The number of ether oxygens (including phenoxy) is 1. The molecule has 0 saturated carbocycles. The first kappa shape index (κ1) is 19.4. The fourth-order valence-electron chi connectivity index (χ4n) is 3.23. The molecule has 0 radical (unpaired) electrons. The van der Waals surface area contributed by atoms with Crippen molar-refractivity contribution < 1.29 is 9.53 Å². The molecule has 0 aliphatic carbocycles. The van der Waals surface area contributed by atoms with Gasteiger partial charge >= 0.3 is 0 Å². The first-order chi connectivity index (χ1) is 13.1. The van der Waals surface area contributed by atoms with Crippen LogP contribution in [0.4, 0.5) is 5.69 Å². The summed E-state index contributed by atoms with van der Waals surface area (Å²) in [6.45, 7) is 7.02. The van der Waals surface area contributed by atoms with Crippen LogP contribution in [0.2, 0.25) is 0 Å². The van der Waals surface area contributed by atoms with Gasteiger partial charge in [0, 0.05) is 50.5 Å². The third-order valence-corrected chi connectivity index (χ3v) is 5.08. The summed E-state index contributed by atoms with van der Waals surface area (Å²) in [5, 5.41) is 3.07. The number of anilines is 1. The van der Waals surface area contributed by atoms with Crippen LogP contribution in [0.15, 0.2) is 54.6 Å². The van der Waals surface area contributed by atoms with Crippen LogP contribution in [0.5, 0.6) is 0 Å². The third-order valence-electron chi connectivity index (χ3n) is 5.08. The van der Waals surface area contributed by atoms with Gasteiger partial charge in [-0.05, 0) is 36.8 Å². The van der Waals surface area contributed by atoms with Crippen LogP contribution in [-0.4, -0.2) is 56.7 Å². The Labute approximate surface area is 161 Å². The fourth-order valence-corrected chi connectivity index (χ4v) is 3.23. The molecular formula is C22H29N3O2. The number of nitrogens with one attached hydrogen (secondary N) is 1. The fraction of sp³-hybridized carbons (Fsp3) is 0.409. The lowest BCUT2D eigenvalue weighted by Crippen LogP contribution is -2.40. The van der Waals surface area contributed by atoms with Crippen molar-refractivity contribution in [3.63, 3.8) is 0 Å². The van der Waals surface area contributed by atoms with Crippen molar-refractivity contribution in [3.05, 3.63) is 65.7 Å². The molecule has 1 unspecified atom stereocenters. The van der Waals surface area contributed by atoms with Gasteiger partial charge in [-0.1, -0.05) is 30.3 Å². The molecule has 144 valence electrons. The molecule has 2 aromatic rings. The zero-order valence-electron chi connectivity index (χ0n) is 16.2. The number of hydrogen-bond acceptors (Lipinski definition) is 4. The molecule has 5 nitrogen and oxygen atoms in total. The number of carbonyl (C=O) groups excluding carboxylic acids is 1. The second-order valence-corrected chi connectivity index (χ2v) is 7.09. The maximum Gasteiger partial charge on any atom is 0.251 e. The average molecular weight is 367 g/mol. The quantitative estimate of drug-likeness (QED) is 0.817. The molecule has 1 saturated heterocycles. The van der Waals surface area contributed by atoms with E-state index in [1.165, 1.54) is 5.56 Å².